The number of aliphatic hydroxyl groups excluding tert-OH is 1. The fourth-order valence-corrected chi connectivity index (χ4v) is 6.85. The van der Waals surface area contributed by atoms with Crippen LogP contribution in [0.15, 0.2) is 42.5 Å². The topological polar surface area (TPSA) is 125 Å². The van der Waals surface area contributed by atoms with E-state index in [4.69, 9.17) is 9.47 Å². The van der Waals surface area contributed by atoms with E-state index in [0.29, 0.717) is 25.8 Å². The van der Waals surface area contributed by atoms with Crippen LogP contribution in [0.1, 0.15) is 56.6 Å². The molecule has 1 aromatic rings. The lowest BCUT2D eigenvalue weighted by Gasteiger charge is -2.36. The molecule has 5 rings (SSSR count). The number of benzene rings is 1. The number of likely N-dealkylation sites (tertiary alicyclic amines) is 1. The van der Waals surface area contributed by atoms with Crippen molar-refractivity contribution in [2.45, 2.75) is 83.1 Å². The number of carbonyl (C=O) groups is 4. The Morgan fingerprint density at radius 3 is 2.63 bits per heavy atom. The molecular weight excluding hydrogens is 550 g/mol. The molecule has 0 unspecified atom stereocenters. The largest absolute Gasteiger partial charge is 0.460 e. The number of esters is 1. The highest BCUT2D eigenvalue weighted by Crippen LogP contribution is 2.56. The molecule has 232 valence electrons. The molecule has 2 N–H and O–H groups in total. The Bertz CT molecular complexity index is 1310. The van der Waals surface area contributed by atoms with Crippen LogP contribution in [0.2, 0.25) is 0 Å². The maximum Gasteiger partial charge on any atom is 0.313 e. The van der Waals surface area contributed by atoms with Gasteiger partial charge in [-0.1, -0.05) is 49.3 Å². The molecule has 10 heteroatoms. The van der Waals surface area contributed by atoms with Gasteiger partial charge in [-0.25, -0.2) is 0 Å². The number of nitrogens with zero attached hydrogens (tertiary/aromatic N) is 2. The normalized spacial score (nSPS) is 31.8. The van der Waals surface area contributed by atoms with Crippen LogP contribution in [0.25, 0.3) is 0 Å². The van der Waals surface area contributed by atoms with Gasteiger partial charge in [0.25, 0.3) is 5.91 Å². The molecule has 6 atom stereocenters. The van der Waals surface area contributed by atoms with E-state index in [2.05, 4.69) is 5.32 Å². The van der Waals surface area contributed by atoms with E-state index in [9.17, 15) is 24.3 Å². The van der Waals surface area contributed by atoms with Crippen LogP contribution in [0.5, 0.6) is 0 Å². The molecule has 0 saturated carbocycles. The van der Waals surface area contributed by atoms with Gasteiger partial charge < -0.3 is 29.7 Å². The van der Waals surface area contributed by atoms with Crippen molar-refractivity contribution < 1.29 is 33.8 Å². The number of rotatable bonds is 7. The second kappa shape index (κ2) is 13.0. The van der Waals surface area contributed by atoms with Crippen molar-refractivity contribution in [1.29, 1.82) is 0 Å². The molecule has 1 spiro atoms. The summed E-state index contributed by atoms with van der Waals surface area (Å²) in [5.41, 5.74) is 1.35. The van der Waals surface area contributed by atoms with Crippen LogP contribution in [0.4, 0.5) is 5.69 Å². The average molecular weight is 594 g/mol. The fraction of sp³-hybridized carbons (Fsp3) is 0.576. The van der Waals surface area contributed by atoms with E-state index < -0.39 is 41.7 Å². The summed E-state index contributed by atoms with van der Waals surface area (Å²) >= 11 is 0. The molecule has 4 heterocycles. The Morgan fingerprint density at radius 2 is 1.84 bits per heavy atom. The van der Waals surface area contributed by atoms with Gasteiger partial charge in [0.1, 0.15) is 23.7 Å². The van der Waals surface area contributed by atoms with Gasteiger partial charge in [-0.3, -0.25) is 19.2 Å². The quantitative estimate of drug-likeness (QED) is 0.283. The zero-order chi connectivity index (χ0) is 30.7. The Morgan fingerprint density at radius 1 is 1.05 bits per heavy atom. The Kier molecular flexibility index (Phi) is 9.36. The smallest absolute Gasteiger partial charge is 0.313 e. The molecule has 4 aliphatic heterocycles. The predicted octanol–water partition coefficient (Wildman–Crippen LogP) is 2.74. The van der Waals surface area contributed by atoms with E-state index in [1.54, 1.807) is 22.8 Å². The zero-order valence-corrected chi connectivity index (χ0v) is 25.3. The number of unbranched alkanes of at least 4 members (excludes halogenated alkanes) is 3. The number of aliphatic hydroxyl groups is 1. The second-order valence-electron chi connectivity index (χ2n) is 12.2. The van der Waals surface area contributed by atoms with Crippen molar-refractivity contribution in [2.24, 2.45) is 11.8 Å². The van der Waals surface area contributed by atoms with Gasteiger partial charge in [-0.2, -0.15) is 0 Å². The highest BCUT2D eigenvalue weighted by Gasteiger charge is 2.73. The van der Waals surface area contributed by atoms with Crippen molar-refractivity contribution in [2.75, 3.05) is 31.1 Å². The first kappa shape index (κ1) is 30.9. The Balaban J connectivity index is 1.57. The van der Waals surface area contributed by atoms with Crippen molar-refractivity contribution in [3.05, 3.63) is 53.6 Å². The van der Waals surface area contributed by atoms with Crippen LogP contribution in [0, 0.1) is 25.7 Å². The third kappa shape index (κ3) is 5.99. The summed E-state index contributed by atoms with van der Waals surface area (Å²) in [5.74, 6) is -3.07. The first-order valence-electron chi connectivity index (χ1n) is 15.5. The summed E-state index contributed by atoms with van der Waals surface area (Å²) in [6.45, 7) is 6.47. The van der Waals surface area contributed by atoms with Crippen molar-refractivity contribution in [1.82, 2.24) is 10.2 Å². The molecular formula is C33H43N3O7. The molecule has 0 aliphatic carbocycles. The van der Waals surface area contributed by atoms with E-state index in [1.807, 2.05) is 50.3 Å². The summed E-state index contributed by atoms with van der Waals surface area (Å²) in [5, 5.41) is 12.0. The van der Waals surface area contributed by atoms with Crippen LogP contribution in [0.3, 0.4) is 0 Å². The number of nitrogens with one attached hydrogen (secondary N) is 1. The van der Waals surface area contributed by atoms with Crippen molar-refractivity contribution in [3.63, 3.8) is 0 Å². The first-order valence-corrected chi connectivity index (χ1v) is 15.5. The predicted molar refractivity (Wildman–Crippen MR) is 160 cm³/mol. The van der Waals surface area contributed by atoms with Crippen molar-refractivity contribution >= 4 is 29.4 Å². The lowest BCUT2D eigenvalue weighted by atomic mass is 9.74. The van der Waals surface area contributed by atoms with Gasteiger partial charge in [0.15, 0.2) is 0 Å². The van der Waals surface area contributed by atoms with Crippen LogP contribution in [-0.4, -0.2) is 83.8 Å². The van der Waals surface area contributed by atoms with E-state index in [1.165, 1.54) is 0 Å². The third-order valence-corrected chi connectivity index (χ3v) is 9.01. The molecule has 5 bridgehead atoms. The van der Waals surface area contributed by atoms with Gasteiger partial charge in [-0.05, 0) is 57.2 Å². The first-order chi connectivity index (χ1) is 20.7. The van der Waals surface area contributed by atoms with Gasteiger partial charge in [0.05, 0.1) is 18.6 Å². The van der Waals surface area contributed by atoms with Gasteiger partial charge >= 0.3 is 5.97 Å². The van der Waals surface area contributed by atoms with Gasteiger partial charge in [0.2, 0.25) is 11.8 Å². The number of carbonyl (C=O) groups excluding carboxylic acids is 4. The Hall–Kier alpha value is -3.50. The zero-order valence-electron chi connectivity index (χ0n) is 25.3. The van der Waals surface area contributed by atoms with Gasteiger partial charge in [0, 0.05) is 31.8 Å². The van der Waals surface area contributed by atoms with Crippen LogP contribution < -0.4 is 10.2 Å². The molecule has 43 heavy (non-hydrogen) atoms. The number of aryl methyl sites for hydroxylation is 2. The summed E-state index contributed by atoms with van der Waals surface area (Å²) in [7, 11) is 0. The maximum absolute atomic E-state index is 14.8. The van der Waals surface area contributed by atoms with E-state index >= 15 is 0 Å². The highest BCUT2D eigenvalue weighted by molar-refractivity contribution is 6.05. The minimum Gasteiger partial charge on any atom is -0.460 e. The monoisotopic (exact) mass is 593 g/mol. The molecule has 10 nitrogen and oxygen atoms in total. The number of hydrogen-bond donors (Lipinski definition) is 2. The summed E-state index contributed by atoms with van der Waals surface area (Å²) in [6.07, 6.45) is 9.77. The number of hydrogen-bond acceptors (Lipinski definition) is 7. The molecule has 3 amide bonds. The van der Waals surface area contributed by atoms with Crippen molar-refractivity contribution in [3.8, 4) is 0 Å². The summed E-state index contributed by atoms with van der Waals surface area (Å²) < 4.78 is 12.2. The van der Waals surface area contributed by atoms with E-state index in [-0.39, 0.29) is 43.8 Å². The second-order valence-corrected chi connectivity index (χ2v) is 12.2. The fourth-order valence-electron chi connectivity index (χ4n) is 6.85. The number of allylic oxidation sites excluding steroid dienone is 1. The number of amides is 3. The number of cyclic esters (lactones) is 1. The molecule has 4 aliphatic rings. The number of fused-ring (bicyclic) bond motifs is 2. The van der Waals surface area contributed by atoms with Crippen LogP contribution >= 0.6 is 0 Å². The Labute approximate surface area is 253 Å². The molecule has 2 saturated heterocycles. The van der Waals surface area contributed by atoms with Crippen LogP contribution in [-0.2, 0) is 28.7 Å². The lowest BCUT2D eigenvalue weighted by Crippen LogP contribution is -2.56. The lowest BCUT2D eigenvalue weighted by molar-refractivity contribution is -0.158. The standard InChI is InChI=1S/C33H43N3O7/c1-21-12-13-22(2)24(19-21)35-16-9-6-7-11-26(38)34-20-23(3)42-32(41)27-25-14-15-33(43-25)28(27)30(39)36(29(33)31(35)40)17-8-4-5-10-18-37/h6,9,12-15,19,23,25,27-29,37H,4-5,7-8,10-11,16-18,20H2,1-3H3,(H,34,38)/b9-6-/t23-,25+,27-,28-,29+,33-/m1/s1. The molecule has 0 aromatic heterocycles. The number of ether oxygens (including phenoxy) is 2. The molecule has 2 fully saturated rings. The van der Waals surface area contributed by atoms with E-state index in [0.717, 1.165) is 29.7 Å². The highest BCUT2D eigenvalue weighted by atomic mass is 16.6. The third-order valence-electron chi connectivity index (χ3n) is 9.01. The molecule has 0 radical (unpaired) electrons. The SMILES string of the molecule is Cc1ccc(C)c(N2C/C=C\CCC(=O)NC[C@@H](C)OC(=O)[C@@H]3[C@@H]4C=C[C@]5(O4)[C@H](C2=O)N(CCCCCCO)C(=O)[C@@H]35)c1. The average Bonchev–Trinajstić information content (AvgIpc) is 3.62. The maximum atomic E-state index is 14.8. The summed E-state index contributed by atoms with van der Waals surface area (Å²) in [6, 6.07) is 4.96. The summed E-state index contributed by atoms with van der Waals surface area (Å²) in [4.78, 5) is 58.4. The minimum absolute atomic E-state index is 0.110. The minimum atomic E-state index is -1.29. The van der Waals surface area contributed by atoms with Gasteiger partial charge in [-0.15, -0.1) is 0 Å². The number of anilines is 1. The molecule has 1 aromatic carbocycles.